The highest BCUT2D eigenvalue weighted by Gasteiger charge is 2.22. The van der Waals surface area contributed by atoms with E-state index in [1.165, 1.54) is 11.0 Å². The highest BCUT2D eigenvalue weighted by molar-refractivity contribution is 5.99. The van der Waals surface area contributed by atoms with Gasteiger partial charge in [-0.25, -0.2) is 0 Å². The van der Waals surface area contributed by atoms with Crippen molar-refractivity contribution in [1.82, 2.24) is 0 Å². The first-order valence-corrected chi connectivity index (χ1v) is 5.13. The fourth-order valence-electron chi connectivity index (χ4n) is 1.74. The smallest absolute Gasteiger partial charge is 0.253 e. The summed E-state index contributed by atoms with van der Waals surface area (Å²) in [6, 6.07) is 6.64. The van der Waals surface area contributed by atoms with Crippen LogP contribution >= 0.6 is 0 Å². The number of ether oxygens (including phenoxy) is 1. The van der Waals surface area contributed by atoms with Crippen molar-refractivity contribution in [2.75, 3.05) is 24.7 Å². The molecule has 1 heterocycles. The topological polar surface area (TPSA) is 70.4 Å². The lowest BCUT2D eigenvalue weighted by molar-refractivity contribution is -0.125. The van der Waals surface area contributed by atoms with Gasteiger partial charge in [0.15, 0.2) is 6.29 Å². The second-order valence-electron chi connectivity index (χ2n) is 3.60. The minimum absolute atomic E-state index is 0.0261. The summed E-state index contributed by atoms with van der Waals surface area (Å²) in [6.07, 6.45) is 0.652. The molecular formula is C12H10N2O3. The van der Waals surface area contributed by atoms with E-state index in [-0.39, 0.29) is 12.5 Å². The second-order valence-corrected chi connectivity index (χ2v) is 3.60. The first kappa shape index (κ1) is 11.3. The Bertz CT molecular complexity index is 505. The zero-order valence-electron chi connectivity index (χ0n) is 9.05. The van der Waals surface area contributed by atoms with E-state index in [9.17, 15) is 9.59 Å². The maximum atomic E-state index is 11.6. The minimum atomic E-state index is -0.177. The van der Waals surface area contributed by atoms with Crippen molar-refractivity contribution < 1.29 is 14.3 Å². The molecule has 1 saturated heterocycles. The molecule has 1 amide bonds. The number of nitrogens with zero attached hydrogens (tertiary/aromatic N) is 2. The van der Waals surface area contributed by atoms with Crippen molar-refractivity contribution in [2.24, 2.45) is 0 Å². The largest absolute Gasteiger partial charge is 0.370 e. The van der Waals surface area contributed by atoms with Crippen molar-refractivity contribution in [2.45, 2.75) is 0 Å². The zero-order chi connectivity index (χ0) is 12.3. The van der Waals surface area contributed by atoms with E-state index in [1.54, 1.807) is 12.1 Å². The first-order valence-electron chi connectivity index (χ1n) is 5.13. The fraction of sp³-hybridized carbons (Fsp3) is 0.250. The molecule has 0 aromatic heterocycles. The Kier molecular flexibility index (Phi) is 3.17. The number of anilines is 1. The predicted octanol–water partition coefficient (Wildman–Crippen LogP) is 0.734. The summed E-state index contributed by atoms with van der Waals surface area (Å²) in [4.78, 5) is 24.1. The number of carbonyl (C=O) groups is 2. The number of hydrogen-bond donors (Lipinski definition) is 0. The number of rotatable bonds is 2. The Morgan fingerprint density at radius 3 is 2.94 bits per heavy atom. The quantitative estimate of drug-likeness (QED) is 0.702. The lowest BCUT2D eigenvalue weighted by Crippen LogP contribution is -2.42. The Labute approximate surface area is 98.2 Å². The molecule has 86 valence electrons. The van der Waals surface area contributed by atoms with E-state index in [0.29, 0.717) is 36.3 Å². The standard InChI is InChI=1S/C12H10N2O3/c13-6-9-1-2-11(10(5-9)7-15)14-3-4-17-8-12(14)16/h1-2,5,7H,3-4,8H2. The molecule has 0 aliphatic carbocycles. The highest BCUT2D eigenvalue weighted by Crippen LogP contribution is 2.22. The van der Waals surface area contributed by atoms with Gasteiger partial charge < -0.3 is 9.64 Å². The molecule has 0 spiro atoms. The molecule has 1 aliphatic rings. The number of amides is 1. The maximum absolute atomic E-state index is 11.6. The summed E-state index contributed by atoms with van der Waals surface area (Å²) in [5.74, 6) is -0.177. The molecule has 1 fully saturated rings. The monoisotopic (exact) mass is 230 g/mol. The van der Waals surface area contributed by atoms with Crippen molar-refractivity contribution in [3.8, 4) is 6.07 Å². The molecule has 0 saturated carbocycles. The number of morpholine rings is 1. The van der Waals surface area contributed by atoms with Crippen LogP contribution in [0.2, 0.25) is 0 Å². The van der Waals surface area contributed by atoms with Crippen LogP contribution in [-0.4, -0.2) is 32.0 Å². The number of hydrogen-bond acceptors (Lipinski definition) is 4. The molecule has 0 atom stereocenters. The zero-order valence-corrected chi connectivity index (χ0v) is 9.05. The molecule has 17 heavy (non-hydrogen) atoms. The Balaban J connectivity index is 2.41. The van der Waals surface area contributed by atoms with Gasteiger partial charge in [0.05, 0.1) is 23.9 Å². The van der Waals surface area contributed by atoms with E-state index < -0.39 is 0 Å². The van der Waals surface area contributed by atoms with Crippen LogP contribution in [0.3, 0.4) is 0 Å². The summed E-state index contributed by atoms with van der Waals surface area (Å²) in [5.41, 5.74) is 1.28. The molecule has 1 aromatic carbocycles. The van der Waals surface area contributed by atoms with Crippen molar-refractivity contribution in [1.29, 1.82) is 5.26 Å². The number of nitriles is 1. The number of carbonyl (C=O) groups excluding carboxylic acids is 2. The van der Waals surface area contributed by atoms with Gasteiger partial charge >= 0.3 is 0 Å². The van der Waals surface area contributed by atoms with Crippen LogP contribution in [0.25, 0.3) is 0 Å². The number of benzene rings is 1. The van der Waals surface area contributed by atoms with E-state index in [2.05, 4.69) is 0 Å². The average molecular weight is 230 g/mol. The Hall–Kier alpha value is -2.19. The van der Waals surface area contributed by atoms with Gasteiger partial charge in [0.25, 0.3) is 5.91 Å². The van der Waals surface area contributed by atoms with Gasteiger partial charge in [0.2, 0.25) is 0 Å². The van der Waals surface area contributed by atoms with Gasteiger partial charge in [-0.3, -0.25) is 9.59 Å². The van der Waals surface area contributed by atoms with Crippen LogP contribution in [0.15, 0.2) is 18.2 Å². The molecule has 5 heteroatoms. The fourth-order valence-corrected chi connectivity index (χ4v) is 1.74. The molecule has 0 unspecified atom stereocenters. The van der Waals surface area contributed by atoms with Crippen LogP contribution in [0.5, 0.6) is 0 Å². The van der Waals surface area contributed by atoms with E-state index in [4.69, 9.17) is 10.00 Å². The van der Waals surface area contributed by atoms with Crippen LogP contribution in [0, 0.1) is 11.3 Å². The van der Waals surface area contributed by atoms with E-state index in [0.717, 1.165) is 0 Å². The highest BCUT2D eigenvalue weighted by atomic mass is 16.5. The van der Waals surface area contributed by atoms with Crippen LogP contribution in [0.4, 0.5) is 5.69 Å². The first-order chi connectivity index (χ1) is 8.26. The molecular weight excluding hydrogens is 220 g/mol. The second kappa shape index (κ2) is 4.76. The van der Waals surface area contributed by atoms with Gasteiger partial charge in [-0.15, -0.1) is 0 Å². The summed E-state index contributed by atoms with van der Waals surface area (Å²) in [7, 11) is 0. The van der Waals surface area contributed by atoms with Gasteiger partial charge in [-0.1, -0.05) is 0 Å². The average Bonchev–Trinajstić information content (AvgIpc) is 2.38. The van der Waals surface area contributed by atoms with E-state index >= 15 is 0 Å². The molecule has 2 rings (SSSR count). The third-order valence-corrected chi connectivity index (χ3v) is 2.56. The van der Waals surface area contributed by atoms with E-state index in [1.807, 2.05) is 6.07 Å². The Morgan fingerprint density at radius 2 is 2.29 bits per heavy atom. The van der Waals surface area contributed by atoms with Crippen LogP contribution < -0.4 is 4.90 Å². The lowest BCUT2D eigenvalue weighted by atomic mass is 10.1. The predicted molar refractivity (Wildman–Crippen MR) is 59.7 cm³/mol. The van der Waals surface area contributed by atoms with Crippen molar-refractivity contribution in [3.63, 3.8) is 0 Å². The molecule has 1 aromatic rings. The molecule has 0 bridgehead atoms. The summed E-state index contributed by atoms with van der Waals surface area (Å²) in [6.45, 7) is 0.897. The van der Waals surface area contributed by atoms with Crippen molar-refractivity contribution in [3.05, 3.63) is 29.3 Å². The molecule has 5 nitrogen and oxygen atoms in total. The SMILES string of the molecule is N#Cc1ccc(N2CCOCC2=O)c(C=O)c1. The van der Waals surface area contributed by atoms with Gasteiger partial charge in [-0.05, 0) is 18.2 Å². The lowest BCUT2D eigenvalue weighted by Gasteiger charge is -2.27. The Morgan fingerprint density at radius 1 is 1.47 bits per heavy atom. The maximum Gasteiger partial charge on any atom is 0.253 e. The van der Waals surface area contributed by atoms with Gasteiger partial charge in [0.1, 0.15) is 6.61 Å². The van der Waals surface area contributed by atoms with Crippen LogP contribution in [-0.2, 0) is 9.53 Å². The minimum Gasteiger partial charge on any atom is -0.370 e. The summed E-state index contributed by atoms with van der Waals surface area (Å²) in [5, 5.41) is 8.74. The van der Waals surface area contributed by atoms with Crippen LogP contribution in [0.1, 0.15) is 15.9 Å². The molecule has 0 radical (unpaired) electrons. The van der Waals surface area contributed by atoms with Gasteiger partial charge in [0, 0.05) is 12.1 Å². The third kappa shape index (κ3) is 2.17. The number of aldehydes is 1. The molecule has 0 N–H and O–H groups in total. The van der Waals surface area contributed by atoms with Gasteiger partial charge in [-0.2, -0.15) is 5.26 Å². The normalized spacial score (nSPS) is 15.5. The molecule has 1 aliphatic heterocycles. The third-order valence-electron chi connectivity index (χ3n) is 2.56. The summed E-state index contributed by atoms with van der Waals surface area (Å²) < 4.78 is 5.02. The summed E-state index contributed by atoms with van der Waals surface area (Å²) >= 11 is 0. The van der Waals surface area contributed by atoms with Crippen molar-refractivity contribution >= 4 is 17.9 Å².